The number of hydrogen-bond donors (Lipinski definition) is 2. The first-order valence-corrected chi connectivity index (χ1v) is 21.0. The molecule has 0 heterocycles. The van der Waals surface area contributed by atoms with E-state index in [0.29, 0.717) is 6.42 Å². The van der Waals surface area contributed by atoms with E-state index in [9.17, 15) is 19.0 Å². The third-order valence-corrected chi connectivity index (χ3v) is 9.48. The van der Waals surface area contributed by atoms with Gasteiger partial charge in [0.05, 0.1) is 13.2 Å². The second-order valence-electron chi connectivity index (χ2n) is 13.2. The number of carbonyl (C=O) groups is 2. The Bertz CT molecular complexity index is 754. The van der Waals surface area contributed by atoms with Crippen molar-refractivity contribution in [3.05, 3.63) is 0 Å². The molecule has 0 amide bonds. The van der Waals surface area contributed by atoms with Crippen LogP contribution in [0.1, 0.15) is 194 Å². The van der Waals surface area contributed by atoms with Crippen LogP contribution < -0.4 is 5.73 Å². The van der Waals surface area contributed by atoms with Crippen LogP contribution in [0.4, 0.5) is 0 Å². The van der Waals surface area contributed by atoms with Crippen molar-refractivity contribution in [2.45, 2.75) is 200 Å². The first-order valence-electron chi connectivity index (χ1n) is 19.5. The maximum absolute atomic E-state index is 12.5. The van der Waals surface area contributed by atoms with Crippen molar-refractivity contribution < 1.29 is 37.6 Å². The molecule has 0 saturated carbocycles. The molecule has 9 nitrogen and oxygen atoms in total. The van der Waals surface area contributed by atoms with E-state index in [2.05, 4.69) is 13.8 Å². The Hall–Kier alpha value is -0.990. The van der Waals surface area contributed by atoms with Gasteiger partial charge in [-0.05, 0) is 12.8 Å². The van der Waals surface area contributed by atoms with Gasteiger partial charge in [0.1, 0.15) is 6.61 Å². The summed E-state index contributed by atoms with van der Waals surface area (Å²) < 4.78 is 32.6. The zero-order valence-electron chi connectivity index (χ0n) is 30.5. The molecule has 0 radical (unpaired) electrons. The first kappa shape index (κ1) is 46.0. The molecule has 0 aromatic carbocycles. The van der Waals surface area contributed by atoms with Gasteiger partial charge in [0.15, 0.2) is 6.10 Å². The summed E-state index contributed by atoms with van der Waals surface area (Å²) in [5, 5.41) is 0. The number of rotatable bonds is 37. The second kappa shape index (κ2) is 34.9. The molecule has 47 heavy (non-hydrogen) atoms. The van der Waals surface area contributed by atoms with E-state index < -0.39 is 26.5 Å². The zero-order valence-corrected chi connectivity index (χ0v) is 31.4. The van der Waals surface area contributed by atoms with E-state index in [1.54, 1.807) is 0 Å². The third kappa shape index (κ3) is 34.7. The Labute approximate surface area is 288 Å². The lowest BCUT2D eigenvalue weighted by atomic mass is 10.0. The molecule has 0 rings (SSSR count). The molecule has 0 saturated heterocycles. The van der Waals surface area contributed by atoms with Crippen LogP contribution in [0.25, 0.3) is 0 Å². The summed E-state index contributed by atoms with van der Waals surface area (Å²) in [6.07, 6.45) is 31.3. The Morgan fingerprint density at radius 3 is 1.30 bits per heavy atom. The first-order chi connectivity index (χ1) is 22.8. The molecule has 0 bridgehead atoms. The summed E-state index contributed by atoms with van der Waals surface area (Å²) in [5.74, 6) is -0.818. The smallest absolute Gasteiger partial charge is 0.462 e. The van der Waals surface area contributed by atoms with Crippen LogP contribution in [0.3, 0.4) is 0 Å². The molecule has 0 fully saturated rings. The highest BCUT2D eigenvalue weighted by atomic mass is 31.2. The summed E-state index contributed by atoms with van der Waals surface area (Å²) in [5.41, 5.74) is 5.33. The normalized spacial score (nSPS) is 13.4. The average Bonchev–Trinajstić information content (AvgIpc) is 3.05. The molecule has 10 heteroatoms. The molecule has 2 unspecified atom stereocenters. The van der Waals surface area contributed by atoms with E-state index in [1.807, 2.05) is 0 Å². The van der Waals surface area contributed by atoms with Crippen LogP contribution in [0, 0.1) is 0 Å². The Morgan fingerprint density at radius 2 is 0.915 bits per heavy atom. The van der Waals surface area contributed by atoms with Crippen molar-refractivity contribution >= 4 is 19.8 Å². The maximum atomic E-state index is 12.5. The molecule has 0 aromatic rings. The molecule has 0 aliphatic rings. The fourth-order valence-corrected chi connectivity index (χ4v) is 6.34. The second-order valence-corrected chi connectivity index (χ2v) is 14.6. The quantitative estimate of drug-likeness (QED) is 0.0371. The number of carbonyl (C=O) groups excluding carboxylic acids is 2. The highest BCUT2D eigenvalue weighted by molar-refractivity contribution is 7.47. The minimum Gasteiger partial charge on any atom is -0.462 e. The molecule has 0 aliphatic heterocycles. The lowest BCUT2D eigenvalue weighted by Gasteiger charge is -2.19. The van der Waals surface area contributed by atoms with Crippen molar-refractivity contribution in [3.8, 4) is 0 Å². The SMILES string of the molecule is CCCCCCCCCCCCCCCCC(=O)OCC(COP(=O)(O)OCCN)OC(=O)CCCCCCCCCCCCCC. The van der Waals surface area contributed by atoms with Gasteiger partial charge in [0.2, 0.25) is 0 Å². The van der Waals surface area contributed by atoms with Gasteiger partial charge < -0.3 is 20.1 Å². The summed E-state index contributed by atoms with van der Waals surface area (Å²) in [7, 11) is -4.36. The minimum absolute atomic E-state index is 0.0578. The Morgan fingerprint density at radius 1 is 0.553 bits per heavy atom. The molecule has 280 valence electrons. The molecule has 0 spiro atoms. The van der Waals surface area contributed by atoms with Crippen LogP contribution in [-0.2, 0) is 32.7 Å². The Balaban J connectivity index is 4.17. The van der Waals surface area contributed by atoms with Crippen LogP contribution in [-0.4, -0.2) is 49.3 Å². The van der Waals surface area contributed by atoms with Crippen molar-refractivity contribution in [1.29, 1.82) is 0 Å². The Kier molecular flexibility index (Phi) is 34.1. The van der Waals surface area contributed by atoms with Gasteiger partial charge in [0, 0.05) is 19.4 Å². The van der Waals surface area contributed by atoms with Gasteiger partial charge in [-0.25, -0.2) is 4.57 Å². The summed E-state index contributed by atoms with van der Waals surface area (Å²) in [6, 6.07) is 0. The lowest BCUT2D eigenvalue weighted by molar-refractivity contribution is -0.161. The van der Waals surface area contributed by atoms with Gasteiger partial charge in [-0.15, -0.1) is 0 Å². The monoisotopic (exact) mass is 692 g/mol. The molecule has 2 atom stereocenters. The predicted octanol–water partition coefficient (Wildman–Crippen LogP) is 10.5. The molecule has 0 aliphatic carbocycles. The number of ether oxygens (including phenoxy) is 2. The van der Waals surface area contributed by atoms with Gasteiger partial charge in [-0.1, -0.05) is 168 Å². The highest BCUT2D eigenvalue weighted by Gasteiger charge is 2.26. The lowest BCUT2D eigenvalue weighted by Crippen LogP contribution is -2.29. The van der Waals surface area contributed by atoms with E-state index in [-0.39, 0.29) is 38.6 Å². The number of unbranched alkanes of at least 4 members (excludes halogenated alkanes) is 24. The third-order valence-electron chi connectivity index (χ3n) is 8.49. The fraction of sp³-hybridized carbons (Fsp3) is 0.946. The topological polar surface area (TPSA) is 134 Å². The number of phosphoric acid groups is 1. The van der Waals surface area contributed by atoms with Crippen LogP contribution in [0.5, 0.6) is 0 Å². The van der Waals surface area contributed by atoms with E-state index in [1.165, 1.54) is 128 Å². The highest BCUT2D eigenvalue weighted by Crippen LogP contribution is 2.43. The zero-order chi connectivity index (χ0) is 34.7. The number of hydrogen-bond acceptors (Lipinski definition) is 8. The summed E-state index contributed by atoms with van der Waals surface area (Å²) >= 11 is 0. The van der Waals surface area contributed by atoms with Crippen molar-refractivity contribution in [3.63, 3.8) is 0 Å². The number of esters is 2. The van der Waals surface area contributed by atoms with Gasteiger partial charge in [0.25, 0.3) is 0 Å². The summed E-state index contributed by atoms with van der Waals surface area (Å²) in [4.78, 5) is 34.7. The minimum atomic E-state index is -4.36. The van der Waals surface area contributed by atoms with E-state index >= 15 is 0 Å². The molecular formula is C37H74NO8P. The van der Waals surface area contributed by atoms with Crippen LogP contribution in [0.2, 0.25) is 0 Å². The molecular weight excluding hydrogens is 617 g/mol. The van der Waals surface area contributed by atoms with Crippen LogP contribution >= 0.6 is 7.82 Å². The molecule has 3 N–H and O–H groups in total. The van der Waals surface area contributed by atoms with Gasteiger partial charge in [-0.3, -0.25) is 18.6 Å². The van der Waals surface area contributed by atoms with E-state index in [4.69, 9.17) is 24.3 Å². The van der Waals surface area contributed by atoms with Crippen LogP contribution in [0.15, 0.2) is 0 Å². The number of nitrogens with two attached hydrogens (primary N) is 1. The standard InChI is InChI=1S/C37H74NO8P/c1-3-5-7-9-11-13-15-17-18-20-21-23-25-27-29-36(39)43-33-35(34-45-47(41,42)44-32-31-38)46-37(40)30-28-26-24-22-19-16-14-12-10-8-6-4-2/h35H,3-34,38H2,1-2H3,(H,41,42). The van der Waals surface area contributed by atoms with Crippen molar-refractivity contribution in [2.24, 2.45) is 5.73 Å². The fourth-order valence-electron chi connectivity index (χ4n) is 5.58. The van der Waals surface area contributed by atoms with Gasteiger partial charge in [-0.2, -0.15) is 0 Å². The van der Waals surface area contributed by atoms with E-state index in [0.717, 1.165) is 32.1 Å². The number of phosphoric ester groups is 1. The van der Waals surface area contributed by atoms with Crippen molar-refractivity contribution in [1.82, 2.24) is 0 Å². The summed E-state index contributed by atoms with van der Waals surface area (Å²) in [6.45, 7) is 3.74. The maximum Gasteiger partial charge on any atom is 0.472 e. The average molecular weight is 692 g/mol. The predicted molar refractivity (Wildman–Crippen MR) is 192 cm³/mol. The van der Waals surface area contributed by atoms with Gasteiger partial charge >= 0.3 is 19.8 Å². The van der Waals surface area contributed by atoms with Crippen molar-refractivity contribution in [2.75, 3.05) is 26.4 Å². The molecule has 0 aromatic heterocycles. The largest absolute Gasteiger partial charge is 0.472 e.